The Bertz CT molecular complexity index is 502. The SMILES string of the molecule is Cc1ccc2cc(CCC(=O)O)nn2c1. The third-order valence-corrected chi connectivity index (χ3v) is 2.25. The Morgan fingerprint density at radius 1 is 1.53 bits per heavy atom. The number of carboxylic acids is 1. The van der Waals surface area contributed by atoms with Crippen LogP contribution in [0.25, 0.3) is 5.52 Å². The number of aliphatic carboxylic acids is 1. The fourth-order valence-corrected chi connectivity index (χ4v) is 1.50. The van der Waals surface area contributed by atoms with Gasteiger partial charge < -0.3 is 5.11 Å². The molecule has 2 aromatic rings. The summed E-state index contributed by atoms with van der Waals surface area (Å²) in [6.07, 6.45) is 2.54. The smallest absolute Gasteiger partial charge is 0.303 e. The number of hydrogen-bond acceptors (Lipinski definition) is 2. The zero-order valence-electron chi connectivity index (χ0n) is 8.47. The fourth-order valence-electron chi connectivity index (χ4n) is 1.50. The molecule has 0 spiro atoms. The number of pyridine rings is 1. The molecule has 0 aromatic carbocycles. The zero-order valence-corrected chi connectivity index (χ0v) is 8.47. The van der Waals surface area contributed by atoms with Gasteiger partial charge in [-0.15, -0.1) is 0 Å². The highest BCUT2D eigenvalue weighted by Crippen LogP contribution is 2.09. The molecule has 0 radical (unpaired) electrons. The summed E-state index contributed by atoms with van der Waals surface area (Å²) in [6.45, 7) is 2.00. The molecule has 0 amide bonds. The summed E-state index contributed by atoms with van der Waals surface area (Å²) in [7, 11) is 0. The zero-order chi connectivity index (χ0) is 10.8. The monoisotopic (exact) mass is 204 g/mol. The first kappa shape index (κ1) is 9.71. The molecular weight excluding hydrogens is 192 g/mol. The maximum absolute atomic E-state index is 10.4. The van der Waals surface area contributed by atoms with E-state index in [1.165, 1.54) is 0 Å². The lowest BCUT2D eigenvalue weighted by atomic mass is 10.2. The van der Waals surface area contributed by atoms with Crippen LogP contribution >= 0.6 is 0 Å². The number of rotatable bonds is 3. The summed E-state index contributed by atoms with van der Waals surface area (Å²) in [5.74, 6) is -0.789. The molecule has 0 bridgehead atoms. The van der Waals surface area contributed by atoms with Gasteiger partial charge in [-0.05, 0) is 24.6 Å². The van der Waals surface area contributed by atoms with Gasteiger partial charge in [-0.25, -0.2) is 4.52 Å². The maximum Gasteiger partial charge on any atom is 0.303 e. The largest absolute Gasteiger partial charge is 0.481 e. The Kier molecular flexibility index (Phi) is 2.41. The Morgan fingerprint density at radius 3 is 3.07 bits per heavy atom. The van der Waals surface area contributed by atoms with Gasteiger partial charge in [0.15, 0.2) is 0 Å². The van der Waals surface area contributed by atoms with Gasteiger partial charge in [0.2, 0.25) is 0 Å². The molecule has 4 nitrogen and oxygen atoms in total. The van der Waals surface area contributed by atoms with E-state index in [1.54, 1.807) is 4.52 Å². The second kappa shape index (κ2) is 3.73. The number of carboxylic acid groups (broad SMARTS) is 1. The van der Waals surface area contributed by atoms with E-state index in [9.17, 15) is 4.79 Å². The molecule has 0 aliphatic carbocycles. The lowest BCUT2D eigenvalue weighted by Gasteiger charge is -1.93. The minimum atomic E-state index is -0.789. The molecule has 2 aromatic heterocycles. The normalized spacial score (nSPS) is 10.7. The van der Waals surface area contributed by atoms with E-state index < -0.39 is 5.97 Å². The van der Waals surface area contributed by atoms with Crippen LogP contribution in [0.4, 0.5) is 0 Å². The average molecular weight is 204 g/mol. The third kappa shape index (κ3) is 2.15. The standard InChI is InChI=1S/C11H12N2O2/c1-8-2-4-10-6-9(3-5-11(14)15)12-13(10)7-8/h2,4,6-7H,3,5H2,1H3,(H,14,15). The second-order valence-electron chi connectivity index (χ2n) is 3.61. The van der Waals surface area contributed by atoms with Crippen molar-refractivity contribution >= 4 is 11.5 Å². The second-order valence-corrected chi connectivity index (χ2v) is 3.61. The van der Waals surface area contributed by atoms with Crippen LogP contribution in [0.15, 0.2) is 24.4 Å². The number of aromatic nitrogens is 2. The highest BCUT2D eigenvalue weighted by Gasteiger charge is 2.04. The molecule has 0 aliphatic heterocycles. The van der Waals surface area contributed by atoms with Crippen molar-refractivity contribution in [2.24, 2.45) is 0 Å². The van der Waals surface area contributed by atoms with Gasteiger partial charge >= 0.3 is 5.97 Å². The Hall–Kier alpha value is -1.84. The van der Waals surface area contributed by atoms with Gasteiger partial charge in [0, 0.05) is 12.6 Å². The summed E-state index contributed by atoms with van der Waals surface area (Å²) >= 11 is 0. The van der Waals surface area contributed by atoms with Crippen LogP contribution in [-0.4, -0.2) is 20.7 Å². The van der Waals surface area contributed by atoms with E-state index in [1.807, 2.05) is 31.3 Å². The molecule has 0 aliphatic rings. The van der Waals surface area contributed by atoms with E-state index in [0.29, 0.717) is 6.42 Å². The minimum Gasteiger partial charge on any atom is -0.481 e. The molecule has 1 N–H and O–H groups in total. The number of carbonyl (C=O) groups is 1. The van der Waals surface area contributed by atoms with Crippen molar-refractivity contribution in [3.8, 4) is 0 Å². The van der Waals surface area contributed by atoms with Crippen molar-refractivity contribution in [1.82, 2.24) is 9.61 Å². The van der Waals surface area contributed by atoms with Gasteiger partial charge in [-0.3, -0.25) is 4.79 Å². The summed E-state index contributed by atoms with van der Waals surface area (Å²) in [6, 6.07) is 5.91. The van der Waals surface area contributed by atoms with Crippen LogP contribution in [0.1, 0.15) is 17.7 Å². The van der Waals surface area contributed by atoms with Crippen molar-refractivity contribution in [2.45, 2.75) is 19.8 Å². The van der Waals surface area contributed by atoms with Crippen molar-refractivity contribution < 1.29 is 9.90 Å². The Balaban J connectivity index is 2.27. The van der Waals surface area contributed by atoms with Gasteiger partial charge in [0.05, 0.1) is 17.6 Å². The quantitative estimate of drug-likeness (QED) is 0.827. The van der Waals surface area contributed by atoms with Gasteiger partial charge in [0.25, 0.3) is 0 Å². The first-order valence-corrected chi connectivity index (χ1v) is 4.82. The van der Waals surface area contributed by atoms with E-state index >= 15 is 0 Å². The van der Waals surface area contributed by atoms with Crippen molar-refractivity contribution in [3.63, 3.8) is 0 Å². The molecule has 0 fully saturated rings. The Labute approximate surface area is 87.2 Å². The molecule has 0 unspecified atom stereocenters. The van der Waals surface area contributed by atoms with Crippen LogP contribution in [0.2, 0.25) is 0 Å². The Morgan fingerprint density at radius 2 is 2.33 bits per heavy atom. The molecule has 0 saturated heterocycles. The molecule has 2 rings (SSSR count). The minimum absolute atomic E-state index is 0.128. The topological polar surface area (TPSA) is 54.6 Å². The predicted molar refractivity (Wildman–Crippen MR) is 55.9 cm³/mol. The van der Waals surface area contributed by atoms with Gasteiger partial charge in [0.1, 0.15) is 0 Å². The van der Waals surface area contributed by atoms with E-state index in [2.05, 4.69) is 5.10 Å². The number of aryl methyl sites for hydroxylation is 2. The number of fused-ring (bicyclic) bond motifs is 1. The lowest BCUT2D eigenvalue weighted by molar-refractivity contribution is -0.136. The van der Waals surface area contributed by atoms with E-state index in [4.69, 9.17) is 5.11 Å². The summed E-state index contributed by atoms with van der Waals surface area (Å²) in [5, 5.41) is 12.9. The number of nitrogens with zero attached hydrogens (tertiary/aromatic N) is 2. The maximum atomic E-state index is 10.4. The predicted octanol–water partition coefficient (Wildman–Crippen LogP) is 1.66. The van der Waals surface area contributed by atoms with Crippen LogP contribution in [0.5, 0.6) is 0 Å². The highest BCUT2D eigenvalue weighted by atomic mass is 16.4. The van der Waals surface area contributed by atoms with Crippen molar-refractivity contribution in [3.05, 3.63) is 35.7 Å². The first-order valence-electron chi connectivity index (χ1n) is 4.82. The molecule has 78 valence electrons. The highest BCUT2D eigenvalue weighted by molar-refractivity contribution is 5.67. The fraction of sp³-hybridized carbons (Fsp3) is 0.273. The molecule has 4 heteroatoms. The average Bonchev–Trinajstić information content (AvgIpc) is 2.56. The molecular formula is C11H12N2O2. The van der Waals surface area contributed by atoms with Crippen molar-refractivity contribution in [2.75, 3.05) is 0 Å². The van der Waals surface area contributed by atoms with E-state index in [-0.39, 0.29) is 6.42 Å². The van der Waals surface area contributed by atoms with Crippen LogP contribution in [0, 0.1) is 6.92 Å². The van der Waals surface area contributed by atoms with Crippen LogP contribution < -0.4 is 0 Å². The van der Waals surface area contributed by atoms with Gasteiger partial charge in [-0.1, -0.05) is 6.07 Å². The summed E-state index contributed by atoms with van der Waals surface area (Å²) in [5.41, 5.74) is 2.96. The van der Waals surface area contributed by atoms with Gasteiger partial charge in [-0.2, -0.15) is 5.10 Å². The van der Waals surface area contributed by atoms with Crippen molar-refractivity contribution in [1.29, 1.82) is 0 Å². The molecule has 15 heavy (non-hydrogen) atoms. The van der Waals surface area contributed by atoms with Crippen LogP contribution in [0.3, 0.4) is 0 Å². The van der Waals surface area contributed by atoms with Crippen LogP contribution in [-0.2, 0) is 11.2 Å². The molecule has 0 saturated carbocycles. The summed E-state index contributed by atoms with van der Waals surface area (Å²) in [4.78, 5) is 10.4. The van der Waals surface area contributed by atoms with E-state index in [0.717, 1.165) is 16.8 Å². The molecule has 0 atom stereocenters. The summed E-state index contributed by atoms with van der Waals surface area (Å²) < 4.78 is 1.78. The molecule has 2 heterocycles. The first-order chi connectivity index (χ1) is 7.15. The third-order valence-electron chi connectivity index (χ3n) is 2.25. The number of hydrogen-bond donors (Lipinski definition) is 1. The lowest BCUT2D eigenvalue weighted by Crippen LogP contribution is -1.98.